The van der Waals surface area contributed by atoms with Gasteiger partial charge in [-0.2, -0.15) is 0 Å². The van der Waals surface area contributed by atoms with Gasteiger partial charge in [0.05, 0.1) is 24.1 Å². The fourth-order valence-corrected chi connectivity index (χ4v) is 1.50. The zero-order chi connectivity index (χ0) is 13.8. The molecule has 2 aromatic heterocycles. The summed E-state index contributed by atoms with van der Waals surface area (Å²) in [5.41, 5.74) is 1.59. The maximum atomic E-state index is 10.6. The first-order chi connectivity index (χ1) is 9.06. The predicted octanol–water partition coefficient (Wildman–Crippen LogP) is 0.495. The zero-order valence-corrected chi connectivity index (χ0v) is 10.7. The van der Waals surface area contributed by atoms with Crippen LogP contribution in [-0.2, 0) is 6.54 Å². The van der Waals surface area contributed by atoms with Crippen molar-refractivity contribution in [2.75, 3.05) is 11.9 Å². The van der Waals surface area contributed by atoms with Gasteiger partial charge in [0.1, 0.15) is 5.82 Å². The maximum absolute atomic E-state index is 10.6. The number of hydrogen-bond donors (Lipinski definition) is 2. The van der Waals surface area contributed by atoms with Gasteiger partial charge in [0.25, 0.3) is 0 Å². The lowest BCUT2D eigenvalue weighted by Gasteiger charge is -2.08. The van der Waals surface area contributed by atoms with Crippen molar-refractivity contribution in [2.45, 2.75) is 20.4 Å². The Labute approximate surface area is 109 Å². The summed E-state index contributed by atoms with van der Waals surface area (Å²) < 4.78 is 1.47. The first-order valence-electron chi connectivity index (χ1n) is 5.74. The molecule has 0 radical (unpaired) electrons. The Bertz CT molecular complexity index is 595. The fourth-order valence-electron chi connectivity index (χ4n) is 1.50. The molecule has 2 heterocycles. The van der Waals surface area contributed by atoms with E-state index in [9.17, 15) is 4.79 Å². The Morgan fingerprint density at radius 2 is 2.26 bits per heavy atom. The molecule has 100 valence electrons. The number of anilines is 1. The number of carbonyl (C=O) groups is 1. The van der Waals surface area contributed by atoms with Gasteiger partial charge in [-0.15, -0.1) is 5.10 Å². The summed E-state index contributed by atoms with van der Waals surface area (Å²) in [7, 11) is 0. The van der Waals surface area contributed by atoms with Gasteiger partial charge in [-0.05, 0) is 13.8 Å². The average Bonchev–Trinajstić information content (AvgIpc) is 2.82. The van der Waals surface area contributed by atoms with Crippen LogP contribution in [0.5, 0.6) is 0 Å². The lowest BCUT2D eigenvalue weighted by Crippen LogP contribution is -2.13. The summed E-state index contributed by atoms with van der Waals surface area (Å²) in [5.74, 6) is -0.363. The molecule has 0 bridgehead atoms. The van der Waals surface area contributed by atoms with Crippen molar-refractivity contribution in [1.29, 1.82) is 0 Å². The van der Waals surface area contributed by atoms with Crippen molar-refractivity contribution < 1.29 is 9.90 Å². The molecule has 0 atom stereocenters. The summed E-state index contributed by atoms with van der Waals surface area (Å²) in [6.45, 7) is 4.79. The van der Waals surface area contributed by atoms with E-state index in [1.54, 1.807) is 6.20 Å². The minimum absolute atomic E-state index is 0.0634. The fraction of sp³-hybridized carbons (Fsp3) is 0.364. The second kappa shape index (κ2) is 5.42. The number of aromatic nitrogens is 5. The van der Waals surface area contributed by atoms with Crippen LogP contribution < -0.4 is 5.32 Å². The molecule has 8 heteroatoms. The van der Waals surface area contributed by atoms with Gasteiger partial charge < -0.3 is 10.4 Å². The number of aryl methyl sites for hydroxylation is 2. The Kier molecular flexibility index (Phi) is 3.69. The predicted molar refractivity (Wildman–Crippen MR) is 67.0 cm³/mol. The number of nitrogens with zero attached hydrogens (tertiary/aromatic N) is 5. The number of rotatable bonds is 5. The molecule has 2 N–H and O–H groups in total. The molecule has 0 aliphatic heterocycles. The van der Waals surface area contributed by atoms with Crippen molar-refractivity contribution in [1.82, 2.24) is 25.0 Å². The largest absolute Gasteiger partial charge is 0.476 e. The molecular weight excluding hydrogens is 248 g/mol. The van der Waals surface area contributed by atoms with Gasteiger partial charge in [-0.1, -0.05) is 5.21 Å². The van der Waals surface area contributed by atoms with E-state index >= 15 is 0 Å². The van der Waals surface area contributed by atoms with Crippen LogP contribution in [0.2, 0.25) is 0 Å². The molecule has 0 amide bonds. The van der Waals surface area contributed by atoms with Gasteiger partial charge >= 0.3 is 5.97 Å². The highest BCUT2D eigenvalue weighted by Gasteiger charge is 2.08. The van der Waals surface area contributed by atoms with Gasteiger partial charge in [-0.3, -0.25) is 4.98 Å². The van der Waals surface area contributed by atoms with Crippen molar-refractivity contribution in [2.24, 2.45) is 0 Å². The molecule has 0 aliphatic carbocycles. The van der Waals surface area contributed by atoms with Crippen molar-refractivity contribution in [3.63, 3.8) is 0 Å². The molecule has 0 aromatic carbocycles. The molecular formula is C11H14N6O2. The third kappa shape index (κ3) is 3.24. The Morgan fingerprint density at radius 1 is 1.47 bits per heavy atom. The van der Waals surface area contributed by atoms with E-state index in [-0.39, 0.29) is 5.69 Å². The van der Waals surface area contributed by atoms with Crippen LogP contribution in [-0.4, -0.2) is 42.6 Å². The average molecular weight is 262 g/mol. The quantitative estimate of drug-likeness (QED) is 0.807. The van der Waals surface area contributed by atoms with Gasteiger partial charge in [0.15, 0.2) is 5.69 Å². The third-order valence-corrected chi connectivity index (χ3v) is 2.47. The van der Waals surface area contributed by atoms with E-state index in [1.165, 1.54) is 10.9 Å². The van der Waals surface area contributed by atoms with E-state index in [4.69, 9.17) is 5.11 Å². The number of carboxylic acid groups (broad SMARTS) is 1. The van der Waals surface area contributed by atoms with Crippen LogP contribution >= 0.6 is 0 Å². The molecule has 0 saturated carbocycles. The maximum Gasteiger partial charge on any atom is 0.358 e. The highest BCUT2D eigenvalue weighted by Crippen LogP contribution is 2.07. The first-order valence-corrected chi connectivity index (χ1v) is 5.74. The first kappa shape index (κ1) is 12.9. The van der Waals surface area contributed by atoms with E-state index in [1.807, 2.05) is 13.8 Å². The molecule has 2 aromatic rings. The van der Waals surface area contributed by atoms with Crippen molar-refractivity contribution in [3.05, 3.63) is 29.5 Å². The van der Waals surface area contributed by atoms with E-state index in [0.29, 0.717) is 13.1 Å². The minimum Gasteiger partial charge on any atom is -0.476 e. The Hall–Kier alpha value is -2.51. The summed E-state index contributed by atoms with van der Waals surface area (Å²) in [6, 6.07) is 0. The monoisotopic (exact) mass is 262 g/mol. The van der Waals surface area contributed by atoms with Gasteiger partial charge in [0.2, 0.25) is 0 Å². The molecule has 0 unspecified atom stereocenters. The van der Waals surface area contributed by atoms with Crippen LogP contribution in [0.3, 0.4) is 0 Å². The SMILES string of the molecule is Cc1cnc(C)c(NCCn2cc(C(=O)O)nn2)n1. The van der Waals surface area contributed by atoms with Crippen LogP contribution in [0.15, 0.2) is 12.4 Å². The molecule has 19 heavy (non-hydrogen) atoms. The van der Waals surface area contributed by atoms with E-state index in [2.05, 4.69) is 25.6 Å². The summed E-state index contributed by atoms with van der Waals surface area (Å²) in [5, 5.41) is 19.1. The third-order valence-electron chi connectivity index (χ3n) is 2.47. The van der Waals surface area contributed by atoms with Crippen LogP contribution in [0.1, 0.15) is 21.9 Å². The molecule has 0 aliphatic rings. The highest BCUT2D eigenvalue weighted by atomic mass is 16.4. The second-order valence-electron chi connectivity index (χ2n) is 4.04. The molecule has 0 saturated heterocycles. The van der Waals surface area contributed by atoms with Crippen LogP contribution in [0, 0.1) is 13.8 Å². The molecule has 8 nitrogen and oxygen atoms in total. The van der Waals surface area contributed by atoms with Crippen molar-refractivity contribution in [3.8, 4) is 0 Å². The van der Waals surface area contributed by atoms with Crippen LogP contribution in [0.25, 0.3) is 0 Å². The van der Waals surface area contributed by atoms with Crippen LogP contribution in [0.4, 0.5) is 5.82 Å². The number of nitrogens with one attached hydrogen (secondary N) is 1. The van der Waals surface area contributed by atoms with Gasteiger partial charge in [0, 0.05) is 12.7 Å². The number of aromatic carboxylic acids is 1. The lowest BCUT2D eigenvalue weighted by atomic mass is 10.4. The molecule has 0 fully saturated rings. The zero-order valence-electron chi connectivity index (χ0n) is 10.7. The minimum atomic E-state index is -1.08. The Morgan fingerprint density at radius 3 is 2.95 bits per heavy atom. The van der Waals surface area contributed by atoms with Gasteiger partial charge in [-0.25, -0.2) is 14.5 Å². The van der Waals surface area contributed by atoms with Crippen molar-refractivity contribution >= 4 is 11.8 Å². The molecule has 0 spiro atoms. The second-order valence-corrected chi connectivity index (χ2v) is 4.04. The smallest absolute Gasteiger partial charge is 0.358 e. The highest BCUT2D eigenvalue weighted by molar-refractivity contribution is 5.84. The Balaban J connectivity index is 1.92. The van der Waals surface area contributed by atoms with E-state index < -0.39 is 5.97 Å². The van der Waals surface area contributed by atoms with E-state index in [0.717, 1.165) is 17.2 Å². The molecule has 2 rings (SSSR count). The topological polar surface area (TPSA) is 106 Å². The number of hydrogen-bond acceptors (Lipinski definition) is 6. The lowest BCUT2D eigenvalue weighted by molar-refractivity contribution is 0.0690. The number of carboxylic acids is 1. The summed E-state index contributed by atoms with van der Waals surface area (Å²) in [4.78, 5) is 19.2. The normalized spacial score (nSPS) is 10.4. The standard InChI is InChI=1S/C11H14N6O2/c1-7-5-13-8(2)10(14-7)12-3-4-17-6-9(11(18)19)15-16-17/h5-6H,3-4H2,1-2H3,(H,12,14)(H,18,19). The summed E-state index contributed by atoms with van der Waals surface area (Å²) in [6.07, 6.45) is 3.09. The summed E-state index contributed by atoms with van der Waals surface area (Å²) >= 11 is 0.